The maximum absolute atomic E-state index is 12.9. The van der Waals surface area contributed by atoms with Crippen LogP contribution in [0.15, 0.2) is 24.4 Å². The molecule has 1 unspecified atom stereocenters. The number of nitrogens with one attached hydrogen (secondary N) is 2. The van der Waals surface area contributed by atoms with Crippen LogP contribution in [-0.4, -0.2) is 46.9 Å². The Bertz CT molecular complexity index is 560. The Morgan fingerprint density at radius 2 is 2.07 bits per heavy atom. The fourth-order valence-electron chi connectivity index (χ4n) is 3.34. The Labute approximate surface area is 168 Å². The zero-order valence-corrected chi connectivity index (χ0v) is 17.3. The Hall–Kier alpha value is -1.66. The molecule has 0 radical (unpaired) electrons. The summed E-state index contributed by atoms with van der Waals surface area (Å²) < 4.78 is 0. The topological polar surface area (TPSA) is 74.3 Å². The zero-order chi connectivity index (χ0) is 18.8. The van der Waals surface area contributed by atoms with Gasteiger partial charge in [0.1, 0.15) is 0 Å². The first-order valence-corrected chi connectivity index (χ1v) is 9.75. The standard InChI is InChI=1S/C20H32N4O2.ClH/c1-16(2)23-19(25)9-5-10-20(26)24(15-17-7-3-4-13-22-17)18-8-6-12-21-14-11-18;/h3-4,7,13,16,18,21H,5-6,8-12,14-15H2,1-2H3,(H,23,25);1H. The van der Waals surface area contributed by atoms with Crippen LogP contribution >= 0.6 is 12.4 Å². The molecule has 0 aliphatic carbocycles. The van der Waals surface area contributed by atoms with E-state index in [1.165, 1.54) is 0 Å². The third-order valence-corrected chi connectivity index (χ3v) is 4.61. The van der Waals surface area contributed by atoms with E-state index in [1.54, 1.807) is 6.20 Å². The second-order valence-electron chi connectivity index (χ2n) is 7.25. The number of hydrogen-bond donors (Lipinski definition) is 2. The number of halogens is 1. The van der Waals surface area contributed by atoms with Crippen molar-refractivity contribution in [3.8, 4) is 0 Å². The number of rotatable bonds is 8. The molecule has 0 saturated carbocycles. The van der Waals surface area contributed by atoms with Gasteiger partial charge >= 0.3 is 0 Å². The lowest BCUT2D eigenvalue weighted by atomic mass is 10.1. The molecule has 1 aliphatic heterocycles. The van der Waals surface area contributed by atoms with Gasteiger partial charge in [0.05, 0.1) is 12.2 Å². The van der Waals surface area contributed by atoms with Crippen molar-refractivity contribution < 1.29 is 9.59 Å². The molecule has 0 aromatic carbocycles. The summed E-state index contributed by atoms with van der Waals surface area (Å²) in [6, 6.07) is 6.18. The van der Waals surface area contributed by atoms with Crippen molar-refractivity contribution in [2.24, 2.45) is 0 Å². The molecular weight excluding hydrogens is 364 g/mol. The maximum Gasteiger partial charge on any atom is 0.223 e. The van der Waals surface area contributed by atoms with Crippen molar-refractivity contribution in [2.45, 2.75) is 71.0 Å². The summed E-state index contributed by atoms with van der Waals surface area (Å²) in [5.41, 5.74) is 0.913. The van der Waals surface area contributed by atoms with E-state index < -0.39 is 0 Å². The van der Waals surface area contributed by atoms with Crippen LogP contribution in [0, 0.1) is 0 Å². The van der Waals surface area contributed by atoms with Gasteiger partial charge < -0.3 is 15.5 Å². The second-order valence-corrected chi connectivity index (χ2v) is 7.25. The van der Waals surface area contributed by atoms with Gasteiger partial charge in [0.2, 0.25) is 11.8 Å². The van der Waals surface area contributed by atoms with Crippen LogP contribution in [-0.2, 0) is 16.1 Å². The Kier molecular flexibility index (Phi) is 11.0. The molecule has 0 spiro atoms. The summed E-state index contributed by atoms with van der Waals surface area (Å²) in [6.45, 7) is 6.38. The summed E-state index contributed by atoms with van der Waals surface area (Å²) >= 11 is 0. The molecule has 0 bridgehead atoms. The van der Waals surface area contributed by atoms with E-state index in [2.05, 4.69) is 15.6 Å². The molecule has 1 atom stereocenters. The van der Waals surface area contributed by atoms with Crippen LogP contribution in [0.25, 0.3) is 0 Å². The van der Waals surface area contributed by atoms with E-state index >= 15 is 0 Å². The summed E-state index contributed by atoms with van der Waals surface area (Å²) in [6.07, 6.45) is 6.21. The third-order valence-electron chi connectivity index (χ3n) is 4.61. The van der Waals surface area contributed by atoms with Gasteiger partial charge in [-0.25, -0.2) is 0 Å². The van der Waals surface area contributed by atoms with Gasteiger partial charge in [-0.05, 0) is 64.8 Å². The average Bonchev–Trinajstić information content (AvgIpc) is 2.89. The van der Waals surface area contributed by atoms with E-state index in [0.717, 1.165) is 38.0 Å². The first kappa shape index (κ1) is 23.4. The Morgan fingerprint density at radius 1 is 1.26 bits per heavy atom. The lowest BCUT2D eigenvalue weighted by Crippen LogP contribution is -2.40. The highest BCUT2D eigenvalue weighted by atomic mass is 35.5. The smallest absolute Gasteiger partial charge is 0.223 e. The minimum atomic E-state index is 0. The van der Waals surface area contributed by atoms with Crippen molar-refractivity contribution in [2.75, 3.05) is 13.1 Å². The molecule has 2 N–H and O–H groups in total. The lowest BCUT2D eigenvalue weighted by molar-refractivity contribution is -0.134. The normalized spacial score (nSPS) is 16.9. The number of aromatic nitrogens is 1. The molecule has 1 aromatic rings. The summed E-state index contributed by atoms with van der Waals surface area (Å²) in [4.78, 5) is 31.1. The molecule has 1 saturated heterocycles. The van der Waals surface area contributed by atoms with E-state index in [-0.39, 0.29) is 36.3 Å². The fourth-order valence-corrected chi connectivity index (χ4v) is 3.34. The molecule has 1 aliphatic rings. The molecule has 2 rings (SSSR count). The van der Waals surface area contributed by atoms with E-state index in [4.69, 9.17) is 0 Å². The minimum absolute atomic E-state index is 0. The monoisotopic (exact) mass is 396 g/mol. The Morgan fingerprint density at radius 3 is 2.78 bits per heavy atom. The van der Waals surface area contributed by atoms with Crippen LogP contribution in [0.1, 0.15) is 58.1 Å². The Balaban J connectivity index is 0.00000364. The maximum atomic E-state index is 12.9. The van der Waals surface area contributed by atoms with Crippen LogP contribution in [0.2, 0.25) is 0 Å². The van der Waals surface area contributed by atoms with Gasteiger partial charge in [-0.1, -0.05) is 6.07 Å². The van der Waals surface area contributed by atoms with Crippen molar-refractivity contribution >= 4 is 24.2 Å². The molecule has 2 amide bonds. The zero-order valence-electron chi connectivity index (χ0n) is 16.4. The molecule has 7 heteroatoms. The summed E-state index contributed by atoms with van der Waals surface area (Å²) in [5, 5.41) is 6.28. The highest BCUT2D eigenvalue weighted by molar-refractivity contribution is 5.85. The van der Waals surface area contributed by atoms with Crippen LogP contribution in [0.3, 0.4) is 0 Å². The van der Waals surface area contributed by atoms with Crippen molar-refractivity contribution in [3.05, 3.63) is 30.1 Å². The quantitative estimate of drug-likeness (QED) is 0.708. The van der Waals surface area contributed by atoms with Crippen LogP contribution in [0.5, 0.6) is 0 Å². The van der Waals surface area contributed by atoms with Crippen molar-refractivity contribution in [1.29, 1.82) is 0 Å². The van der Waals surface area contributed by atoms with Crippen LogP contribution in [0.4, 0.5) is 0 Å². The number of carbonyl (C=O) groups is 2. The number of amides is 2. The fraction of sp³-hybridized carbons (Fsp3) is 0.650. The SMILES string of the molecule is CC(C)NC(=O)CCCC(=O)N(Cc1ccccn1)C1CCCNCC1.Cl. The summed E-state index contributed by atoms with van der Waals surface area (Å²) in [5.74, 6) is 0.141. The number of nitrogens with zero attached hydrogens (tertiary/aromatic N) is 2. The first-order valence-electron chi connectivity index (χ1n) is 9.75. The molecule has 152 valence electrons. The highest BCUT2D eigenvalue weighted by Gasteiger charge is 2.25. The predicted molar refractivity (Wildman–Crippen MR) is 110 cm³/mol. The minimum Gasteiger partial charge on any atom is -0.354 e. The molecule has 6 nitrogen and oxygen atoms in total. The molecule has 1 fully saturated rings. The van der Waals surface area contributed by atoms with E-state index in [9.17, 15) is 9.59 Å². The van der Waals surface area contributed by atoms with Crippen LogP contribution < -0.4 is 10.6 Å². The van der Waals surface area contributed by atoms with Gasteiger partial charge in [0, 0.05) is 31.1 Å². The van der Waals surface area contributed by atoms with Gasteiger partial charge in [0.25, 0.3) is 0 Å². The predicted octanol–water partition coefficient (Wildman–Crippen LogP) is 2.67. The average molecular weight is 397 g/mol. The molecular formula is C20H33ClN4O2. The van der Waals surface area contributed by atoms with Crippen molar-refractivity contribution in [3.63, 3.8) is 0 Å². The molecule has 27 heavy (non-hydrogen) atoms. The van der Waals surface area contributed by atoms with Gasteiger partial charge in [-0.3, -0.25) is 14.6 Å². The third kappa shape index (κ3) is 8.71. The summed E-state index contributed by atoms with van der Waals surface area (Å²) in [7, 11) is 0. The van der Waals surface area contributed by atoms with Crippen molar-refractivity contribution in [1.82, 2.24) is 20.5 Å². The number of pyridine rings is 1. The lowest BCUT2D eigenvalue weighted by Gasteiger charge is -2.31. The second kappa shape index (κ2) is 12.7. The van der Waals surface area contributed by atoms with Gasteiger partial charge in [0.15, 0.2) is 0 Å². The molecule has 2 heterocycles. The van der Waals surface area contributed by atoms with Gasteiger partial charge in [-0.2, -0.15) is 0 Å². The van der Waals surface area contributed by atoms with E-state index in [1.807, 2.05) is 36.9 Å². The first-order chi connectivity index (χ1) is 12.6. The van der Waals surface area contributed by atoms with Gasteiger partial charge in [-0.15, -0.1) is 12.4 Å². The number of carbonyl (C=O) groups excluding carboxylic acids is 2. The van der Waals surface area contributed by atoms with E-state index in [0.29, 0.717) is 25.8 Å². The number of hydrogen-bond acceptors (Lipinski definition) is 4. The largest absolute Gasteiger partial charge is 0.354 e. The highest BCUT2D eigenvalue weighted by Crippen LogP contribution is 2.18. The molecule has 1 aromatic heterocycles.